The highest BCUT2D eigenvalue weighted by molar-refractivity contribution is 7.92. The first-order valence-corrected chi connectivity index (χ1v) is 6.87. The lowest BCUT2D eigenvalue weighted by Crippen LogP contribution is -2.16. The average Bonchev–Trinajstić information content (AvgIpc) is 2.29. The van der Waals surface area contributed by atoms with Gasteiger partial charge in [-0.3, -0.25) is 4.72 Å². The van der Waals surface area contributed by atoms with Crippen LogP contribution in [0.1, 0.15) is 5.56 Å². The second kappa shape index (κ2) is 6.27. The van der Waals surface area contributed by atoms with Crippen molar-refractivity contribution in [2.24, 2.45) is 5.73 Å². The van der Waals surface area contributed by atoms with Gasteiger partial charge >= 0.3 is 0 Å². The number of hydrogen-bond donors (Lipinski definition) is 2. The van der Waals surface area contributed by atoms with Gasteiger partial charge in [0.1, 0.15) is 0 Å². The number of nitrogens with two attached hydrogens (primary N) is 1. The van der Waals surface area contributed by atoms with Crippen LogP contribution in [0.25, 0.3) is 0 Å². The summed E-state index contributed by atoms with van der Waals surface area (Å²) in [6.45, 7) is 0.150. The quantitative estimate of drug-likeness (QED) is 0.806. The van der Waals surface area contributed by atoms with Gasteiger partial charge in [-0.25, -0.2) is 8.42 Å². The molecule has 1 aromatic carbocycles. The molecule has 0 radical (unpaired) electrons. The highest BCUT2D eigenvalue weighted by Crippen LogP contribution is 2.20. The summed E-state index contributed by atoms with van der Waals surface area (Å²) >= 11 is 5.80. The van der Waals surface area contributed by atoms with Crippen molar-refractivity contribution in [1.82, 2.24) is 0 Å². The van der Waals surface area contributed by atoms with Gasteiger partial charge in [-0.05, 0) is 18.2 Å². The van der Waals surface area contributed by atoms with Crippen LogP contribution in [0.15, 0.2) is 18.2 Å². The second-order valence-corrected chi connectivity index (χ2v) is 5.37. The van der Waals surface area contributed by atoms with E-state index in [1.165, 1.54) is 18.2 Å². The predicted octanol–water partition coefficient (Wildman–Crippen LogP) is 0.915. The van der Waals surface area contributed by atoms with Crippen molar-refractivity contribution in [3.8, 4) is 17.9 Å². The molecule has 0 amide bonds. The first-order valence-electron chi connectivity index (χ1n) is 4.84. The molecular weight excluding hydrogens is 274 g/mol. The van der Waals surface area contributed by atoms with Crippen molar-refractivity contribution < 1.29 is 8.42 Å². The van der Waals surface area contributed by atoms with Crippen LogP contribution in [0, 0.1) is 23.2 Å². The van der Waals surface area contributed by atoms with Crippen LogP contribution in [-0.2, 0) is 10.0 Å². The van der Waals surface area contributed by atoms with E-state index < -0.39 is 15.8 Å². The predicted molar refractivity (Wildman–Crippen MR) is 70.4 cm³/mol. The van der Waals surface area contributed by atoms with Gasteiger partial charge in [-0.1, -0.05) is 23.4 Å². The molecule has 0 saturated heterocycles. The van der Waals surface area contributed by atoms with Crippen LogP contribution >= 0.6 is 11.6 Å². The fourth-order valence-corrected chi connectivity index (χ4v) is 2.07. The van der Waals surface area contributed by atoms with Gasteiger partial charge in [0.25, 0.3) is 0 Å². The zero-order chi connectivity index (χ0) is 13.6. The first-order chi connectivity index (χ1) is 8.48. The Morgan fingerprint density at radius 3 is 2.78 bits per heavy atom. The number of hydrogen-bond acceptors (Lipinski definition) is 4. The molecule has 18 heavy (non-hydrogen) atoms. The Morgan fingerprint density at radius 1 is 1.44 bits per heavy atom. The number of rotatable bonds is 3. The lowest BCUT2D eigenvalue weighted by atomic mass is 10.2. The molecule has 3 N–H and O–H groups in total. The van der Waals surface area contributed by atoms with Crippen LogP contribution in [0.3, 0.4) is 0 Å². The van der Waals surface area contributed by atoms with Crippen LogP contribution in [-0.4, -0.2) is 20.7 Å². The first kappa shape index (κ1) is 14.3. The van der Waals surface area contributed by atoms with E-state index in [9.17, 15) is 8.42 Å². The van der Waals surface area contributed by atoms with Crippen molar-refractivity contribution >= 4 is 27.3 Å². The van der Waals surface area contributed by atoms with Crippen LogP contribution in [0.4, 0.5) is 5.69 Å². The molecule has 0 atom stereocenters. The SMILES string of the molecule is N#CCS(=O)(=O)Nc1ccc(Cl)cc1C#CCN. The summed E-state index contributed by atoms with van der Waals surface area (Å²) in [6.07, 6.45) is 0. The van der Waals surface area contributed by atoms with Gasteiger partial charge in [0.15, 0.2) is 5.75 Å². The topological polar surface area (TPSA) is 96.0 Å². The van der Waals surface area contributed by atoms with E-state index in [0.29, 0.717) is 10.6 Å². The van der Waals surface area contributed by atoms with Crippen molar-refractivity contribution in [2.75, 3.05) is 17.0 Å². The number of sulfonamides is 1. The molecule has 0 fully saturated rings. The molecule has 0 aliphatic carbocycles. The molecule has 1 rings (SSSR count). The van der Waals surface area contributed by atoms with Crippen LogP contribution in [0.5, 0.6) is 0 Å². The fourth-order valence-electron chi connectivity index (χ4n) is 1.14. The number of benzene rings is 1. The molecule has 94 valence electrons. The largest absolute Gasteiger partial charge is 0.320 e. The lowest BCUT2D eigenvalue weighted by Gasteiger charge is -2.07. The molecule has 0 spiro atoms. The Kier molecular flexibility index (Phi) is 4.99. The van der Waals surface area contributed by atoms with E-state index in [1.54, 1.807) is 6.07 Å². The zero-order valence-electron chi connectivity index (χ0n) is 9.27. The third-order valence-electron chi connectivity index (χ3n) is 1.83. The van der Waals surface area contributed by atoms with E-state index in [1.807, 2.05) is 0 Å². The summed E-state index contributed by atoms with van der Waals surface area (Å²) in [7, 11) is -3.70. The van der Waals surface area contributed by atoms with Crippen LogP contribution < -0.4 is 10.5 Å². The summed E-state index contributed by atoms with van der Waals surface area (Å²) in [6, 6.07) is 6.10. The van der Waals surface area contributed by atoms with Crippen molar-refractivity contribution in [3.63, 3.8) is 0 Å². The molecule has 7 heteroatoms. The van der Waals surface area contributed by atoms with E-state index in [0.717, 1.165) is 0 Å². The fraction of sp³-hybridized carbons (Fsp3) is 0.182. The van der Waals surface area contributed by atoms with Gasteiger partial charge in [-0.15, -0.1) is 0 Å². The number of nitriles is 1. The highest BCUT2D eigenvalue weighted by atomic mass is 35.5. The maximum atomic E-state index is 11.5. The third kappa shape index (κ3) is 4.27. The molecule has 0 aliphatic rings. The molecule has 0 aliphatic heterocycles. The Balaban J connectivity index is 3.14. The Bertz CT molecular complexity index is 638. The smallest absolute Gasteiger partial charge is 0.246 e. The summed E-state index contributed by atoms with van der Waals surface area (Å²) in [4.78, 5) is 0. The number of nitrogens with zero attached hydrogens (tertiary/aromatic N) is 1. The van der Waals surface area contributed by atoms with E-state index in [2.05, 4.69) is 16.6 Å². The molecular formula is C11H10ClN3O2S. The molecule has 5 nitrogen and oxygen atoms in total. The standard InChI is InChI=1S/C11H10ClN3O2S/c12-10-3-4-11(9(8-10)2-1-5-13)15-18(16,17)7-6-14/h3-4,8,15H,5,7,13H2. The van der Waals surface area contributed by atoms with Gasteiger partial charge in [0, 0.05) is 5.02 Å². The van der Waals surface area contributed by atoms with Gasteiger partial charge in [0.05, 0.1) is 23.9 Å². The molecule has 0 saturated carbocycles. The number of nitrogens with one attached hydrogen (secondary N) is 1. The molecule has 0 bridgehead atoms. The minimum atomic E-state index is -3.70. The third-order valence-corrected chi connectivity index (χ3v) is 3.10. The molecule has 0 aromatic heterocycles. The number of anilines is 1. The maximum absolute atomic E-state index is 11.5. The average molecular weight is 284 g/mol. The minimum Gasteiger partial charge on any atom is -0.320 e. The van der Waals surface area contributed by atoms with E-state index >= 15 is 0 Å². The second-order valence-electron chi connectivity index (χ2n) is 3.22. The Morgan fingerprint density at radius 2 is 2.17 bits per heavy atom. The summed E-state index contributed by atoms with van der Waals surface area (Å²) in [5, 5.41) is 8.83. The Labute approximate surface area is 111 Å². The van der Waals surface area contributed by atoms with Gasteiger partial charge in [-0.2, -0.15) is 5.26 Å². The monoisotopic (exact) mass is 283 g/mol. The Hall–Kier alpha value is -1.73. The normalized spacial score (nSPS) is 10.1. The van der Waals surface area contributed by atoms with Gasteiger partial charge < -0.3 is 5.73 Å². The number of halogens is 1. The lowest BCUT2D eigenvalue weighted by molar-refractivity contribution is 0.604. The highest BCUT2D eigenvalue weighted by Gasteiger charge is 2.11. The van der Waals surface area contributed by atoms with Crippen LogP contribution in [0.2, 0.25) is 5.02 Å². The maximum Gasteiger partial charge on any atom is 0.246 e. The van der Waals surface area contributed by atoms with Crippen molar-refractivity contribution in [1.29, 1.82) is 5.26 Å². The van der Waals surface area contributed by atoms with Crippen molar-refractivity contribution in [2.45, 2.75) is 0 Å². The molecule has 0 heterocycles. The summed E-state index contributed by atoms with van der Waals surface area (Å²) in [5.74, 6) is 4.69. The van der Waals surface area contributed by atoms with E-state index in [4.69, 9.17) is 22.6 Å². The molecule has 0 unspecified atom stereocenters. The zero-order valence-corrected chi connectivity index (χ0v) is 10.8. The minimum absolute atomic E-state index is 0.150. The van der Waals surface area contributed by atoms with E-state index in [-0.39, 0.29) is 12.2 Å². The summed E-state index contributed by atoms with van der Waals surface area (Å²) < 4.78 is 25.2. The summed E-state index contributed by atoms with van der Waals surface area (Å²) in [5.41, 5.74) is 5.94. The van der Waals surface area contributed by atoms with Gasteiger partial charge in [0.2, 0.25) is 10.0 Å². The van der Waals surface area contributed by atoms with Crippen molar-refractivity contribution in [3.05, 3.63) is 28.8 Å². The molecule has 1 aromatic rings.